The third-order valence-electron chi connectivity index (χ3n) is 5.99. The van der Waals surface area contributed by atoms with E-state index >= 15 is 0 Å². The summed E-state index contributed by atoms with van der Waals surface area (Å²) in [5.41, 5.74) is 1.71. The van der Waals surface area contributed by atoms with Crippen LogP contribution in [0.25, 0.3) is 11.0 Å². The second kappa shape index (κ2) is 10.8. The number of H-pyrrole nitrogens is 1. The number of aromatic amines is 1. The number of carbonyl (C=O) groups excluding carboxylic acids is 2. The Hall–Kier alpha value is -4.29. The number of fused-ring (bicyclic) bond motifs is 2. The van der Waals surface area contributed by atoms with Gasteiger partial charge in [0, 0.05) is 23.7 Å². The summed E-state index contributed by atoms with van der Waals surface area (Å²) in [6.07, 6.45) is 5.07. The highest BCUT2D eigenvalue weighted by molar-refractivity contribution is 7.10. The zero-order chi connectivity index (χ0) is 25.8. The number of benzene rings is 1. The monoisotopic (exact) mass is 520 g/mol. The molecule has 12 heteroatoms. The summed E-state index contributed by atoms with van der Waals surface area (Å²) in [6.45, 7) is 1.35. The number of carboxylic acid groups (broad SMARTS) is 1. The van der Waals surface area contributed by atoms with Gasteiger partial charge in [-0.25, -0.2) is 14.8 Å². The van der Waals surface area contributed by atoms with E-state index in [0.29, 0.717) is 17.5 Å². The molecule has 1 aromatic carbocycles. The minimum Gasteiger partial charge on any atom is -0.482 e. The van der Waals surface area contributed by atoms with Crippen LogP contribution in [0.4, 0.5) is 5.69 Å². The van der Waals surface area contributed by atoms with Crippen molar-refractivity contribution >= 4 is 45.8 Å². The number of rotatable bonds is 5. The number of hydrogen-bond donors (Lipinski definition) is 5. The number of carboxylic acids is 1. The topological polar surface area (TPSA) is 158 Å². The summed E-state index contributed by atoms with van der Waals surface area (Å²) < 4.78 is 5.29. The van der Waals surface area contributed by atoms with Gasteiger partial charge in [-0.15, -0.1) is 11.3 Å². The SMILES string of the molecule is O=C1COc2ccc(CNC(=O)c3ncnc4c(C(=O)O)c[nH]c34)cc2N1.c1csc(C2CCCN2)c1. The first-order valence-electron chi connectivity index (χ1n) is 11.7. The summed E-state index contributed by atoms with van der Waals surface area (Å²) >= 11 is 1.86. The number of anilines is 1. The molecule has 0 bridgehead atoms. The van der Waals surface area contributed by atoms with E-state index in [1.54, 1.807) is 18.2 Å². The average Bonchev–Trinajstić information content (AvgIpc) is 3.68. The summed E-state index contributed by atoms with van der Waals surface area (Å²) in [5, 5.41) is 20.2. The lowest BCUT2D eigenvalue weighted by atomic mass is 10.1. The maximum Gasteiger partial charge on any atom is 0.339 e. The van der Waals surface area contributed by atoms with Crippen LogP contribution in [-0.2, 0) is 11.3 Å². The lowest BCUT2D eigenvalue weighted by Gasteiger charge is -2.18. The largest absolute Gasteiger partial charge is 0.482 e. The Morgan fingerprint density at radius 3 is 2.89 bits per heavy atom. The minimum atomic E-state index is -1.15. The predicted molar refractivity (Wildman–Crippen MR) is 137 cm³/mol. The highest BCUT2D eigenvalue weighted by Crippen LogP contribution is 2.28. The molecule has 2 aliphatic rings. The molecule has 4 aromatic rings. The smallest absolute Gasteiger partial charge is 0.339 e. The molecule has 5 heterocycles. The van der Waals surface area contributed by atoms with Crippen molar-refractivity contribution in [3.8, 4) is 5.75 Å². The molecule has 1 saturated heterocycles. The van der Waals surface area contributed by atoms with E-state index in [2.05, 4.69) is 48.4 Å². The average molecular weight is 521 g/mol. The van der Waals surface area contributed by atoms with Crippen molar-refractivity contribution in [2.75, 3.05) is 18.5 Å². The molecule has 5 N–H and O–H groups in total. The molecule has 1 fully saturated rings. The van der Waals surface area contributed by atoms with E-state index in [4.69, 9.17) is 9.84 Å². The third-order valence-corrected chi connectivity index (χ3v) is 6.97. The van der Waals surface area contributed by atoms with Crippen molar-refractivity contribution in [2.45, 2.75) is 25.4 Å². The Bertz CT molecular complexity index is 1450. The molecule has 3 aromatic heterocycles. The molecule has 1 unspecified atom stereocenters. The van der Waals surface area contributed by atoms with Crippen LogP contribution >= 0.6 is 11.3 Å². The maximum atomic E-state index is 12.5. The zero-order valence-corrected chi connectivity index (χ0v) is 20.4. The van der Waals surface area contributed by atoms with Gasteiger partial charge in [0.05, 0.1) is 11.2 Å². The van der Waals surface area contributed by atoms with Crippen molar-refractivity contribution in [1.29, 1.82) is 0 Å². The standard InChI is InChI=1S/C17H13N5O5.C8H11NS/c23-12-6-27-11-2-1-8(3-10(11)22-12)4-19-16(24)15-14-13(20-7-21-15)9(5-18-14)17(25)26;1-3-7(9-5-1)8-4-2-6-10-8/h1-3,5,7,18H,4,6H2,(H,19,24)(H,22,23)(H,25,26);2,4,6-7,9H,1,3,5H2. The molecular weight excluding hydrogens is 496 g/mol. The molecule has 0 saturated carbocycles. The fraction of sp³-hybridized carbons (Fsp3) is 0.240. The molecular formula is C25H24N6O5S. The lowest BCUT2D eigenvalue weighted by Crippen LogP contribution is -2.26. The first-order valence-corrected chi connectivity index (χ1v) is 12.5. The van der Waals surface area contributed by atoms with Crippen molar-refractivity contribution in [2.24, 2.45) is 0 Å². The number of nitrogens with zero attached hydrogens (tertiary/aromatic N) is 2. The Balaban J connectivity index is 0.000000233. The van der Waals surface area contributed by atoms with Crippen LogP contribution in [0.2, 0.25) is 0 Å². The van der Waals surface area contributed by atoms with Crippen LogP contribution in [-0.4, -0.2) is 51.0 Å². The molecule has 2 aliphatic heterocycles. The van der Waals surface area contributed by atoms with E-state index < -0.39 is 11.9 Å². The van der Waals surface area contributed by atoms with Crippen LogP contribution in [0, 0.1) is 0 Å². The first kappa shape index (κ1) is 24.4. The van der Waals surface area contributed by atoms with Crippen LogP contribution in [0.15, 0.2) is 48.2 Å². The molecule has 0 radical (unpaired) electrons. The number of thiophene rings is 1. The van der Waals surface area contributed by atoms with Crippen LogP contribution in [0.3, 0.4) is 0 Å². The first-order chi connectivity index (χ1) is 18.0. The third kappa shape index (κ3) is 5.44. The van der Waals surface area contributed by atoms with E-state index in [-0.39, 0.29) is 41.3 Å². The van der Waals surface area contributed by atoms with Gasteiger partial charge < -0.3 is 30.8 Å². The Kier molecular flexibility index (Phi) is 7.10. The second-order valence-electron chi connectivity index (χ2n) is 8.47. The molecule has 37 heavy (non-hydrogen) atoms. The summed E-state index contributed by atoms with van der Waals surface area (Å²) in [6, 6.07) is 10.2. The van der Waals surface area contributed by atoms with E-state index in [1.165, 1.54) is 30.5 Å². The van der Waals surface area contributed by atoms with Gasteiger partial charge >= 0.3 is 5.97 Å². The molecule has 11 nitrogen and oxygen atoms in total. The number of amides is 2. The van der Waals surface area contributed by atoms with Gasteiger partial charge in [0.25, 0.3) is 11.8 Å². The van der Waals surface area contributed by atoms with Gasteiger partial charge in [-0.1, -0.05) is 12.1 Å². The number of nitrogens with one attached hydrogen (secondary N) is 4. The summed E-state index contributed by atoms with van der Waals surface area (Å²) in [4.78, 5) is 47.2. The maximum absolute atomic E-state index is 12.5. The van der Waals surface area contributed by atoms with Crippen LogP contribution < -0.4 is 20.7 Å². The zero-order valence-electron chi connectivity index (χ0n) is 19.6. The van der Waals surface area contributed by atoms with Gasteiger partial charge in [-0.2, -0.15) is 0 Å². The number of hydrogen-bond acceptors (Lipinski definition) is 8. The van der Waals surface area contributed by atoms with E-state index in [1.807, 2.05) is 11.3 Å². The summed E-state index contributed by atoms with van der Waals surface area (Å²) in [5.74, 6) is -1.31. The number of ether oxygens (including phenoxy) is 1. The van der Waals surface area contributed by atoms with Gasteiger partial charge in [-0.05, 0) is 48.5 Å². The fourth-order valence-electron chi connectivity index (χ4n) is 4.20. The number of aromatic nitrogens is 3. The van der Waals surface area contributed by atoms with Crippen LogP contribution in [0.5, 0.6) is 5.75 Å². The molecule has 0 aliphatic carbocycles. The molecule has 0 spiro atoms. The normalized spacial score (nSPS) is 16.2. The highest BCUT2D eigenvalue weighted by Gasteiger charge is 2.20. The molecule has 6 rings (SSSR count). The Labute approximate surface area is 215 Å². The van der Waals surface area contributed by atoms with E-state index in [0.717, 1.165) is 11.9 Å². The van der Waals surface area contributed by atoms with Gasteiger partial charge in [0.15, 0.2) is 12.3 Å². The molecule has 1 atom stereocenters. The second-order valence-corrected chi connectivity index (χ2v) is 9.45. The summed E-state index contributed by atoms with van der Waals surface area (Å²) in [7, 11) is 0. The van der Waals surface area contributed by atoms with Crippen molar-refractivity contribution in [1.82, 2.24) is 25.6 Å². The predicted octanol–water partition coefficient (Wildman–Crippen LogP) is 3.09. The fourth-order valence-corrected chi connectivity index (χ4v) is 5.03. The Morgan fingerprint density at radius 2 is 2.14 bits per heavy atom. The lowest BCUT2D eigenvalue weighted by molar-refractivity contribution is -0.118. The minimum absolute atomic E-state index is 0.0265. The van der Waals surface area contributed by atoms with Gasteiger partial charge in [0.1, 0.15) is 23.2 Å². The van der Waals surface area contributed by atoms with Gasteiger partial charge in [-0.3, -0.25) is 9.59 Å². The molecule has 190 valence electrons. The Morgan fingerprint density at radius 1 is 1.24 bits per heavy atom. The number of aromatic carboxylic acids is 1. The van der Waals surface area contributed by atoms with Crippen molar-refractivity contribution in [3.05, 3.63) is 69.9 Å². The van der Waals surface area contributed by atoms with Crippen molar-refractivity contribution < 1.29 is 24.2 Å². The van der Waals surface area contributed by atoms with Gasteiger partial charge in [0.2, 0.25) is 0 Å². The number of carbonyl (C=O) groups is 3. The molecule has 2 amide bonds. The highest BCUT2D eigenvalue weighted by atomic mass is 32.1. The van der Waals surface area contributed by atoms with E-state index in [9.17, 15) is 14.4 Å². The quantitative estimate of drug-likeness (QED) is 0.269. The van der Waals surface area contributed by atoms with Crippen LogP contribution in [0.1, 0.15) is 50.2 Å². The van der Waals surface area contributed by atoms with Crippen molar-refractivity contribution in [3.63, 3.8) is 0 Å².